The van der Waals surface area contributed by atoms with Gasteiger partial charge in [-0.25, -0.2) is 0 Å². The minimum Gasteiger partial charge on any atom is -0.464 e. The first kappa shape index (κ1) is 20.9. The zero-order valence-electron chi connectivity index (χ0n) is 18.3. The van der Waals surface area contributed by atoms with Crippen LogP contribution in [0.25, 0.3) is 11.0 Å². The van der Waals surface area contributed by atoms with Crippen molar-refractivity contribution in [3.63, 3.8) is 0 Å². The number of hydrogen-bond donors (Lipinski definition) is 0. The number of carbonyl (C=O) groups excluding carboxylic acids is 2. The van der Waals surface area contributed by atoms with Gasteiger partial charge in [0.15, 0.2) is 0 Å². The lowest BCUT2D eigenvalue weighted by atomic mass is 10.0. The maximum absolute atomic E-state index is 12.9. The minimum absolute atomic E-state index is 0.134. The highest BCUT2D eigenvalue weighted by Gasteiger charge is 2.25. The van der Waals surface area contributed by atoms with Gasteiger partial charge in [-0.1, -0.05) is 25.0 Å². The van der Waals surface area contributed by atoms with E-state index < -0.39 is 0 Å². The van der Waals surface area contributed by atoms with E-state index in [-0.39, 0.29) is 11.8 Å². The Kier molecular flexibility index (Phi) is 6.42. The van der Waals surface area contributed by atoms with Gasteiger partial charge in [0, 0.05) is 50.2 Å². The predicted molar refractivity (Wildman–Crippen MR) is 117 cm³/mol. The molecule has 4 rings (SSSR count). The van der Waals surface area contributed by atoms with Crippen molar-refractivity contribution >= 4 is 22.8 Å². The van der Waals surface area contributed by atoms with E-state index in [0.29, 0.717) is 26.1 Å². The van der Waals surface area contributed by atoms with E-state index in [1.165, 1.54) is 18.4 Å². The maximum atomic E-state index is 12.9. The van der Waals surface area contributed by atoms with Crippen LogP contribution in [0.3, 0.4) is 0 Å². The van der Waals surface area contributed by atoms with Crippen molar-refractivity contribution in [2.24, 2.45) is 0 Å². The summed E-state index contributed by atoms with van der Waals surface area (Å²) in [5.74, 6) is 0.377. The Morgan fingerprint density at radius 2 is 1.53 bits per heavy atom. The Bertz CT molecular complexity index is 904. The van der Waals surface area contributed by atoms with E-state index in [4.69, 9.17) is 4.42 Å². The number of nitrogens with zero attached hydrogens (tertiary/aromatic N) is 3. The van der Waals surface area contributed by atoms with E-state index in [1.807, 2.05) is 9.80 Å². The average molecular weight is 412 g/mol. The highest BCUT2D eigenvalue weighted by atomic mass is 16.3. The van der Waals surface area contributed by atoms with Crippen LogP contribution in [0.15, 0.2) is 22.8 Å². The standard InChI is InChI=1S/C24H33N3O3/c1-18-7-8-21-20(17-30-24(21)19(18)2)15-22(28)27-13-11-25(12-14-27)16-23(29)26-9-5-3-4-6-10-26/h7-8,17H,3-6,9-16H2,1-2H3. The fourth-order valence-corrected chi connectivity index (χ4v) is 4.57. The molecule has 6 heteroatoms. The van der Waals surface area contributed by atoms with Gasteiger partial charge >= 0.3 is 0 Å². The van der Waals surface area contributed by atoms with E-state index in [0.717, 1.165) is 61.1 Å². The molecular weight excluding hydrogens is 378 g/mol. The van der Waals surface area contributed by atoms with Crippen LogP contribution < -0.4 is 0 Å². The highest BCUT2D eigenvalue weighted by molar-refractivity contribution is 5.89. The minimum atomic E-state index is 0.134. The summed E-state index contributed by atoms with van der Waals surface area (Å²) in [6.45, 7) is 9.28. The molecule has 0 atom stereocenters. The highest BCUT2D eigenvalue weighted by Crippen LogP contribution is 2.27. The lowest BCUT2D eigenvalue weighted by Crippen LogP contribution is -2.52. The summed E-state index contributed by atoms with van der Waals surface area (Å²) >= 11 is 0. The van der Waals surface area contributed by atoms with Gasteiger partial charge < -0.3 is 14.2 Å². The van der Waals surface area contributed by atoms with Gasteiger partial charge in [0.05, 0.1) is 19.2 Å². The van der Waals surface area contributed by atoms with Gasteiger partial charge in [-0.05, 0) is 37.8 Å². The summed E-state index contributed by atoms with van der Waals surface area (Å²) < 4.78 is 5.76. The van der Waals surface area contributed by atoms with Crippen molar-refractivity contribution in [3.05, 3.63) is 35.1 Å². The van der Waals surface area contributed by atoms with Crippen LogP contribution >= 0.6 is 0 Å². The zero-order chi connectivity index (χ0) is 21.1. The Morgan fingerprint density at radius 3 is 2.23 bits per heavy atom. The van der Waals surface area contributed by atoms with Gasteiger partial charge in [-0.3, -0.25) is 14.5 Å². The molecule has 0 unspecified atom stereocenters. The zero-order valence-corrected chi connectivity index (χ0v) is 18.3. The molecular formula is C24H33N3O3. The summed E-state index contributed by atoms with van der Waals surface area (Å²) in [7, 11) is 0. The number of furan rings is 1. The molecule has 3 heterocycles. The number of fused-ring (bicyclic) bond motifs is 1. The fourth-order valence-electron chi connectivity index (χ4n) is 4.57. The lowest BCUT2D eigenvalue weighted by Gasteiger charge is -2.35. The largest absolute Gasteiger partial charge is 0.464 e. The van der Waals surface area contributed by atoms with Crippen LogP contribution in [0.4, 0.5) is 0 Å². The Morgan fingerprint density at radius 1 is 0.867 bits per heavy atom. The van der Waals surface area contributed by atoms with Crippen LogP contribution in [0, 0.1) is 13.8 Å². The van der Waals surface area contributed by atoms with Gasteiger partial charge in [-0.2, -0.15) is 0 Å². The predicted octanol–water partition coefficient (Wildman–Crippen LogP) is 3.14. The van der Waals surface area contributed by atoms with Crippen LogP contribution in [0.2, 0.25) is 0 Å². The summed E-state index contributed by atoms with van der Waals surface area (Å²) in [5.41, 5.74) is 4.17. The Balaban J connectivity index is 1.29. The van der Waals surface area contributed by atoms with Crippen molar-refractivity contribution in [1.82, 2.24) is 14.7 Å². The summed E-state index contributed by atoms with van der Waals surface area (Å²) in [4.78, 5) is 31.6. The molecule has 162 valence electrons. The van der Waals surface area contributed by atoms with Crippen LogP contribution in [-0.2, 0) is 16.0 Å². The summed E-state index contributed by atoms with van der Waals surface area (Å²) in [5, 5.41) is 1.04. The van der Waals surface area contributed by atoms with Crippen molar-refractivity contribution < 1.29 is 14.0 Å². The second-order valence-corrected chi connectivity index (χ2v) is 8.77. The second-order valence-electron chi connectivity index (χ2n) is 8.77. The SMILES string of the molecule is Cc1ccc2c(CC(=O)N3CCN(CC(=O)N4CCCCCC4)CC3)coc2c1C. The number of amides is 2. The molecule has 0 aliphatic carbocycles. The molecule has 2 aliphatic rings. The molecule has 0 saturated carbocycles. The third-order valence-corrected chi connectivity index (χ3v) is 6.73. The van der Waals surface area contributed by atoms with Crippen molar-refractivity contribution in [2.75, 3.05) is 45.8 Å². The number of hydrogen-bond acceptors (Lipinski definition) is 4. The second kappa shape index (κ2) is 9.21. The van der Waals surface area contributed by atoms with Crippen molar-refractivity contribution in [2.45, 2.75) is 46.0 Å². The molecule has 2 fully saturated rings. The topological polar surface area (TPSA) is 57.0 Å². The van der Waals surface area contributed by atoms with Crippen LogP contribution in [0.5, 0.6) is 0 Å². The maximum Gasteiger partial charge on any atom is 0.236 e. The molecule has 0 bridgehead atoms. The molecule has 1 aromatic heterocycles. The number of likely N-dealkylation sites (tertiary alicyclic amines) is 1. The van der Waals surface area contributed by atoms with E-state index in [9.17, 15) is 9.59 Å². The Hall–Kier alpha value is -2.34. The van der Waals surface area contributed by atoms with E-state index in [1.54, 1.807) is 6.26 Å². The van der Waals surface area contributed by atoms with Crippen molar-refractivity contribution in [1.29, 1.82) is 0 Å². The van der Waals surface area contributed by atoms with Gasteiger partial charge in [-0.15, -0.1) is 0 Å². The number of benzene rings is 1. The Labute approximate surface area is 178 Å². The van der Waals surface area contributed by atoms with E-state index in [2.05, 4.69) is 30.9 Å². The third-order valence-electron chi connectivity index (χ3n) is 6.73. The molecule has 0 N–H and O–H groups in total. The first-order valence-corrected chi connectivity index (χ1v) is 11.3. The van der Waals surface area contributed by atoms with Gasteiger partial charge in [0.25, 0.3) is 0 Å². The first-order valence-electron chi connectivity index (χ1n) is 11.3. The molecule has 30 heavy (non-hydrogen) atoms. The smallest absolute Gasteiger partial charge is 0.236 e. The van der Waals surface area contributed by atoms with E-state index >= 15 is 0 Å². The van der Waals surface area contributed by atoms with Crippen molar-refractivity contribution in [3.8, 4) is 0 Å². The van der Waals surface area contributed by atoms with Gasteiger partial charge in [0.1, 0.15) is 5.58 Å². The lowest BCUT2D eigenvalue weighted by molar-refractivity contribution is -0.134. The fraction of sp³-hybridized carbons (Fsp3) is 0.583. The molecule has 6 nitrogen and oxygen atoms in total. The monoisotopic (exact) mass is 411 g/mol. The quantitative estimate of drug-likeness (QED) is 0.776. The molecule has 1 aromatic carbocycles. The van der Waals surface area contributed by atoms with Crippen LogP contribution in [-0.4, -0.2) is 72.3 Å². The summed E-state index contributed by atoms with van der Waals surface area (Å²) in [6, 6.07) is 4.14. The number of carbonyl (C=O) groups is 2. The van der Waals surface area contributed by atoms with Gasteiger partial charge in [0.2, 0.25) is 11.8 Å². The van der Waals surface area contributed by atoms with Crippen LogP contribution in [0.1, 0.15) is 42.4 Å². The molecule has 2 aliphatic heterocycles. The molecule has 2 aromatic rings. The molecule has 0 spiro atoms. The summed E-state index contributed by atoms with van der Waals surface area (Å²) in [6.07, 6.45) is 6.80. The number of aryl methyl sites for hydroxylation is 2. The number of rotatable bonds is 4. The third kappa shape index (κ3) is 4.53. The normalized spacial score (nSPS) is 18.6. The molecule has 2 amide bonds. The molecule has 0 radical (unpaired) electrons. The number of piperazine rings is 1. The first-order chi connectivity index (χ1) is 14.5. The molecule has 2 saturated heterocycles. The average Bonchev–Trinajstić information content (AvgIpc) is 2.96.